The lowest BCUT2D eigenvalue weighted by molar-refractivity contribution is -0.148. The summed E-state index contributed by atoms with van der Waals surface area (Å²) in [5.41, 5.74) is 0.831. The number of nitrogens with one attached hydrogen (secondary N) is 1. The van der Waals surface area contributed by atoms with Crippen LogP contribution in [0.2, 0.25) is 0 Å². The highest BCUT2D eigenvalue weighted by Gasteiger charge is 2.16. The first-order chi connectivity index (χ1) is 11.6. The summed E-state index contributed by atoms with van der Waals surface area (Å²) in [6.07, 6.45) is 3.88. The molecule has 0 heterocycles. The van der Waals surface area contributed by atoms with Crippen LogP contribution in [0, 0.1) is 0 Å². The fraction of sp³-hybridized carbons (Fsp3) is 0.556. The van der Waals surface area contributed by atoms with Crippen molar-refractivity contribution in [3.8, 4) is 5.75 Å². The van der Waals surface area contributed by atoms with Gasteiger partial charge in [0.15, 0.2) is 12.7 Å². The van der Waals surface area contributed by atoms with E-state index in [0.717, 1.165) is 18.4 Å². The summed E-state index contributed by atoms with van der Waals surface area (Å²) in [5, 5.41) is 11.8. The highest BCUT2D eigenvalue weighted by molar-refractivity contribution is 5.77. The van der Waals surface area contributed by atoms with Gasteiger partial charge in [0, 0.05) is 20.1 Å². The van der Waals surface area contributed by atoms with Gasteiger partial charge in [-0.1, -0.05) is 38.3 Å². The van der Waals surface area contributed by atoms with Crippen LogP contribution >= 0.6 is 0 Å². The smallest absolute Gasteiger partial charge is 0.333 e. The molecule has 1 aromatic carbocycles. The largest absolute Gasteiger partial charge is 0.484 e. The van der Waals surface area contributed by atoms with Gasteiger partial charge in [-0.3, -0.25) is 4.79 Å². The molecule has 24 heavy (non-hydrogen) atoms. The Morgan fingerprint density at radius 3 is 2.46 bits per heavy atom. The number of hydrogen-bond acceptors (Lipinski definition) is 4. The van der Waals surface area contributed by atoms with Crippen LogP contribution in [-0.4, -0.2) is 43.3 Å². The summed E-state index contributed by atoms with van der Waals surface area (Å²) in [6, 6.07) is 6.98. The Hall–Kier alpha value is -2.08. The molecule has 0 aromatic heterocycles. The number of carboxylic acid groups (broad SMARTS) is 1. The molecule has 1 atom stereocenters. The number of carbonyl (C=O) groups is 2. The maximum Gasteiger partial charge on any atom is 0.333 e. The Morgan fingerprint density at radius 1 is 1.17 bits per heavy atom. The van der Waals surface area contributed by atoms with Gasteiger partial charge in [0.1, 0.15) is 5.75 Å². The summed E-state index contributed by atoms with van der Waals surface area (Å²) in [7, 11) is 1.37. The maximum absolute atomic E-state index is 11.7. The lowest BCUT2D eigenvalue weighted by Gasteiger charge is -2.11. The first-order valence-corrected chi connectivity index (χ1v) is 8.30. The SMILES string of the molecule is CCCCCCNC(=O)COc1ccc(C[C@H](OC)C(=O)O)cc1. The second kappa shape index (κ2) is 11.5. The number of unbranched alkanes of at least 4 members (excludes halogenated alkanes) is 3. The van der Waals surface area contributed by atoms with Gasteiger partial charge in [-0.15, -0.1) is 0 Å². The average molecular weight is 337 g/mol. The van der Waals surface area contributed by atoms with Crippen LogP contribution in [-0.2, 0) is 20.7 Å². The molecule has 0 spiro atoms. The molecule has 0 aliphatic rings. The van der Waals surface area contributed by atoms with Gasteiger partial charge >= 0.3 is 5.97 Å². The zero-order valence-corrected chi connectivity index (χ0v) is 14.4. The predicted octanol–water partition coefficient (Wildman–Crippen LogP) is 2.40. The number of carboxylic acids is 1. The third-order valence-corrected chi connectivity index (χ3v) is 3.63. The highest BCUT2D eigenvalue weighted by atomic mass is 16.5. The van der Waals surface area contributed by atoms with E-state index in [0.29, 0.717) is 12.3 Å². The first kappa shape index (κ1) is 20.0. The minimum absolute atomic E-state index is 0.0249. The molecule has 134 valence electrons. The Kier molecular flexibility index (Phi) is 9.53. The standard InChI is InChI=1S/C18H27NO5/c1-3-4-5-6-11-19-17(20)13-24-15-9-7-14(8-10-15)12-16(23-2)18(21)22/h7-10,16H,3-6,11-13H2,1-2H3,(H,19,20)(H,21,22)/t16-/m0/s1. The average Bonchev–Trinajstić information content (AvgIpc) is 2.58. The van der Waals surface area contributed by atoms with E-state index in [1.807, 2.05) is 0 Å². The summed E-state index contributed by atoms with van der Waals surface area (Å²) in [5.74, 6) is -0.557. The molecule has 0 unspecified atom stereocenters. The molecule has 6 heteroatoms. The van der Waals surface area contributed by atoms with Crippen molar-refractivity contribution in [2.45, 2.75) is 45.1 Å². The minimum atomic E-state index is -0.992. The summed E-state index contributed by atoms with van der Waals surface area (Å²) >= 11 is 0. The highest BCUT2D eigenvalue weighted by Crippen LogP contribution is 2.14. The van der Waals surface area contributed by atoms with Crippen molar-refractivity contribution in [2.24, 2.45) is 0 Å². The number of ether oxygens (including phenoxy) is 2. The van der Waals surface area contributed by atoms with Gasteiger partial charge in [0.25, 0.3) is 5.91 Å². The molecule has 0 saturated heterocycles. The van der Waals surface area contributed by atoms with Crippen molar-refractivity contribution in [3.05, 3.63) is 29.8 Å². The molecule has 1 aromatic rings. The molecule has 0 aliphatic heterocycles. The Balaban J connectivity index is 2.31. The number of aliphatic carboxylic acids is 1. The van der Waals surface area contributed by atoms with E-state index in [-0.39, 0.29) is 18.9 Å². The molecule has 0 aliphatic carbocycles. The summed E-state index contributed by atoms with van der Waals surface area (Å²) in [4.78, 5) is 22.6. The van der Waals surface area contributed by atoms with Crippen LogP contribution in [0.4, 0.5) is 0 Å². The van der Waals surface area contributed by atoms with Gasteiger partial charge in [-0.2, -0.15) is 0 Å². The fourth-order valence-electron chi connectivity index (χ4n) is 2.19. The molecular weight excluding hydrogens is 310 g/mol. The van der Waals surface area contributed by atoms with Gasteiger partial charge < -0.3 is 19.9 Å². The molecule has 0 bridgehead atoms. The van der Waals surface area contributed by atoms with E-state index in [4.69, 9.17) is 14.6 Å². The van der Waals surface area contributed by atoms with Crippen LogP contribution in [0.15, 0.2) is 24.3 Å². The van der Waals surface area contributed by atoms with Crippen LogP contribution in [0.25, 0.3) is 0 Å². The zero-order chi connectivity index (χ0) is 17.8. The van der Waals surface area contributed by atoms with Gasteiger partial charge in [0.2, 0.25) is 0 Å². The normalized spacial score (nSPS) is 11.8. The van der Waals surface area contributed by atoms with E-state index in [9.17, 15) is 9.59 Å². The number of benzene rings is 1. The van der Waals surface area contributed by atoms with Crippen molar-refractivity contribution >= 4 is 11.9 Å². The quantitative estimate of drug-likeness (QED) is 0.572. The van der Waals surface area contributed by atoms with Crippen LogP contribution in [0.3, 0.4) is 0 Å². The van der Waals surface area contributed by atoms with Crippen molar-refractivity contribution in [2.75, 3.05) is 20.3 Å². The zero-order valence-electron chi connectivity index (χ0n) is 14.4. The van der Waals surface area contributed by atoms with Crippen molar-refractivity contribution in [1.29, 1.82) is 0 Å². The van der Waals surface area contributed by atoms with E-state index in [1.165, 1.54) is 20.0 Å². The van der Waals surface area contributed by atoms with Gasteiger partial charge in [-0.05, 0) is 24.1 Å². The Labute approximate surface area is 143 Å². The number of carbonyl (C=O) groups excluding carboxylic acids is 1. The van der Waals surface area contributed by atoms with E-state index in [2.05, 4.69) is 12.2 Å². The topological polar surface area (TPSA) is 84.9 Å². The van der Waals surface area contributed by atoms with E-state index in [1.54, 1.807) is 24.3 Å². The van der Waals surface area contributed by atoms with Gasteiger partial charge in [0.05, 0.1) is 0 Å². The van der Waals surface area contributed by atoms with Crippen LogP contribution in [0.5, 0.6) is 5.75 Å². The number of hydrogen-bond donors (Lipinski definition) is 2. The number of methoxy groups -OCH3 is 1. The molecule has 1 amide bonds. The molecular formula is C18H27NO5. The van der Waals surface area contributed by atoms with E-state index < -0.39 is 12.1 Å². The Bertz CT molecular complexity index is 501. The van der Waals surface area contributed by atoms with Crippen molar-refractivity contribution in [3.63, 3.8) is 0 Å². The minimum Gasteiger partial charge on any atom is -0.484 e. The van der Waals surface area contributed by atoms with E-state index >= 15 is 0 Å². The molecule has 0 saturated carbocycles. The number of rotatable bonds is 12. The fourth-order valence-corrected chi connectivity index (χ4v) is 2.19. The molecule has 0 radical (unpaired) electrons. The summed E-state index contributed by atoms with van der Waals surface area (Å²) in [6.45, 7) is 2.80. The molecule has 2 N–H and O–H groups in total. The molecule has 0 fully saturated rings. The maximum atomic E-state index is 11.7. The summed E-state index contributed by atoms with van der Waals surface area (Å²) < 4.78 is 10.3. The second-order valence-corrected chi connectivity index (χ2v) is 5.61. The molecule has 1 rings (SSSR count). The second-order valence-electron chi connectivity index (χ2n) is 5.61. The monoisotopic (exact) mass is 337 g/mol. The van der Waals surface area contributed by atoms with Crippen LogP contribution in [0.1, 0.15) is 38.2 Å². The van der Waals surface area contributed by atoms with Crippen molar-refractivity contribution in [1.82, 2.24) is 5.32 Å². The lowest BCUT2D eigenvalue weighted by atomic mass is 10.1. The van der Waals surface area contributed by atoms with Gasteiger partial charge in [-0.25, -0.2) is 4.79 Å². The van der Waals surface area contributed by atoms with Crippen molar-refractivity contribution < 1.29 is 24.2 Å². The number of amides is 1. The Morgan fingerprint density at radius 2 is 1.88 bits per heavy atom. The first-order valence-electron chi connectivity index (χ1n) is 8.30. The molecule has 6 nitrogen and oxygen atoms in total. The third kappa shape index (κ3) is 7.97. The van der Waals surface area contributed by atoms with Crippen LogP contribution < -0.4 is 10.1 Å². The lowest BCUT2D eigenvalue weighted by Crippen LogP contribution is -2.29. The third-order valence-electron chi connectivity index (χ3n) is 3.63. The predicted molar refractivity (Wildman–Crippen MR) is 91.2 cm³/mol.